The van der Waals surface area contributed by atoms with Crippen molar-refractivity contribution in [3.05, 3.63) is 47.0 Å². The summed E-state index contributed by atoms with van der Waals surface area (Å²) in [6.45, 7) is 4.68. The summed E-state index contributed by atoms with van der Waals surface area (Å²) in [6, 6.07) is 8.06. The van der Waals surface area contributed by atoms with E-state index in [1.54, 1.807) is 0 Å². The summed E-state index contributed by atoms with van der Waals surface area (Å²) in [7, 11) is 0. The molecule has 1 atom stereocenters. The fourth-order valence-corrected chi connectivity index (χ4v) is 3.57. The van der Waals surface area contributed by atoms with Gasteiger partial charge in [-0.3, -0.25) is 9.69 Å². The van der Waals surface area contributed by atoms with Crippen LogP contribution in [0.25, 0.3) is 0 Å². The predicted octanol–water partition coefficient (Wildman–Crippen LogP) is 3.73. The molecule has 1 unspecified atom stereocenters. The molecule has 3 rings (SSSR count). The highest BCUT2D eigenvalue weighted by molar-refractivity contribution is 6.30. The molecule has 0 N–H and O–H groups in total. The zero-order valence-corrected chi connectivity index (χ0v) is 14.3. The van der Waals surface area contributed by atoms with Gasteiger partial charge in [0.05, 0.1) is 0 Å². The Hall–Kier alpha value is -1.32. The van der Waals surface area contributed by atoms with Crippen LogP contribution in [0.1, 0.15) is 31.2 Å². The molecule has 4 heteroatoms. The van der Waals surface area contributed by atoms with E-state index in [2.05, 4.69) is 34.1 Å². The molecule has 1 fully saturated rings. The largest absolute Gasteiger partial charge is 0.341 e. The molecule has 23 heavy (non-hydrogen) atoms. The SMILES string of the molecule is O=C(CC1C=CCC1)N1CCCN(Cc2ccc(Cl)cc2)CC1. The smallest absolute Gasteiger partial charge is 0.223 e. The van der Waals surface area contributed by atoms with Crippen LogP contribution in [0.3, 0.4) is 0 Å². The van der Waals surface area contributed by atoms with Crippen LogP contribution in [0.2, 0.25) is 5.02 Å². The van der Waals surface area contributed by atoms with Crippen molar-refractivity contribution >= 4 is 17.5 Å². The molecule has 0 bridgehead atoms. The number of amides is 1. The maximum absolute atomic E-state index is 12.5. The number of benzene rings is 1. The molecule has 0 aromatic heterocycles. The predicted molar refractivity (Wildman–Crippen MR) is 94.4 cm³/mol. The van der Waals surface area contributed by atoms with Crippen LogP contribution in [0.4, 0.5) is 0 Å². The molecular weight excluding hydrogens is 308 g/mol. The second kappa shape index (κ2) is 7.98. The standard InChI is InChI=1S/C19H25ClN2O/c20-18-8-6-17(7-9-18)15-21-10-3-11-22(13-12-21)19(23)14-16-4-1-2-5-16/h1,4,6-9,16H,2-3,5,10-15H2. The molecule has 0 spiro atoms. The van der Waals surface area contributed by atoms with E-state index in [1.807, 2.05) is 12.1 Å². The molecular formula is C19H25ClN2O. The summed E-state index contributed by atoms with van der Waals surface area (Å²) in [5.74, 6) is 0.797. The first kappa shape index (κ1) is 16.5. The van der Waals surface area contributed by atoms with Crippen molar-refractivity contribution in [1.29, 1.82) is 0 Å². The molecule has 1 heterocycles. The zero-order chi connectivity index (χ0) is 16.1. The third-order valence-corrected chi connectivity index (χ3v) is 5.06. The van der Waals surface area contributed by atoms with E-state index in [-0.39, 0.29) is 0 Å². The van der Waals surface area contributed by atoms with Crippen LogP contribution in [-0.2, 0) is 11.3 Å². The first-order chi connectivity index (χ1) is 11.2. The topological polar surface area (TPSA) is 23.6 Å². The third kappa shape index (κ3) is 4.82. The highest BCUT2D eigenvalue weighted by atomic mass is 35.5. The van der Waals surface area contributed by atoms with Crippen molar-refractivity contribution in [2.24, 2.45) is 5.92 Å². The fourth-order valence-electron chi connectivity index (χ4n) is 3.45. The van der Waals surface area contributed by atoms with Crippen molar-refractivity contribution in [3.63, 3.8) is 0 Å². The Kier molecular flexibility index (Phi) is 5.74. The molecule has 0 radical (unpaired) electrons. The Labute approximate surface area is 143 Å². The van der Waals surface area contributed by atoms with E-state index in [1.165, 1.54) is 5.56 Å². The Morgan fingerprint density at radius 3 is 2.70 bits per heavy atom. The van der Waals surface area contributed by atoms with Gasteiger partial charge in [0.15, 0.2) is 0 Å². The molecule has 1 saturated heterocycles. The first-order valence-electron chi connectivity index (χ1n) is 8.62. The maximum Gasteiger partial charge on any atom is 0.223 e. The molecule has 1 aliphatic carbocycles. The van der Waals surface area contributed by atoms with Crippen molar-refractivity contribution in [2.45, 2.75) is 32.2 Å². The number of carbonyl (C=O) groups is 1. The monoisotopic (exact) mass is 332 g/mol. The van der Waals surface area contributed by atoms with Gasteiger partial charge in [0, 0.05) is 44.2 Å². The number of hydrogen-bond donors (Lipinski definition) is 0. The van der Waals surface area contributed by atoms with Crippen LogP contribution < -0.4 is 0 Å². The van der Waals surface area contributed by atoms with Crippen molar-refractivity contribution in [1.82, 2.24) is 9.80 Å². The molecule has 0 saturated carbocycles. The van der Waals surface area contributed by atoms with Gasteiger partial charge in [0.2, 0.25) is 5.91 Å². The van der Waals surface area contributed by atoms with Gasteiger partial charge in [-0.25, -0.2) is 0 Å². The van der Waals surface area contributed by atoms with Crippen LogP contribution in [0.5, 0.6) is 0 Å². The van der Waals surface area contributed by atoms with Gasteiger partial charge in [-0.15, -0.1) is 0 Å². The average Bonchev–Trinajstić information content (AvgIpc) is 2.94. The van der Waals surface area contributed by atoms with Gasteiger partial charge in [-0.05, 0) is 42.9 Å². The summed E-state index contributed by atoms with van der Waals surface area (Å²) in [4.78, 5) is 17.0. The van der Waals surface area contributed by atoms with Crippen molar-refractivity contribution in [2.75, 3.05) is 26.2 Å². The maximum atomic E-state index is 12.5. The highest BCUT2D eigenvalue weighted by Crippen LogP contribution is 2.22. The van der Waals surface area contributed by atoms with E-state index in [0.29, 0.717) is 18.2 Å². The minimum Gasteiger partial charge on any atom is -0.341 e. The van der Waals surface area contributed by atoms with Crippen LogP contribution in [0.15, 0.2) is 36.4 Å². The third-order valence-electron chi connectivity index (χ3n) is 4.81. The fraction of sp³-hybridized carbons (Fsp3) is 0.526. The van der Waals surface area contributed by atoms with Crippen LogP contribution in [0, 0.1) is 5.92 Å². The number of carbonyl (C=O) groups excluding carboxylic acids is 1. The van der Waals surface area contributed by atoms with Gasteiger partial charge >= 0.3 is 0 Å². The minimum absolute atomic E-state index is 0.329. The zero-order valence-electron chi connectivity index (χ0n) is 13.6. The summed E-state index contributed by atoms with van der Waals surface area (Å²) in [5.41, 5.74) is 1.28. The van der Waals surface area contributed by atoms with Gasteiger partial charge in [0.25, 0.3) is 0 Å². The van der Waals surface area contributed by atoms with E-state index in [0.717, 1.165) is 57.0 Å². The van der Waals surface area contributed by atoms with Gasteiger partial charge in [-0.1, -0.05) is 35.9 Å². The molecule has 3 nitrogen and oxygen atoms in total. The number of rotatable bonds is 4. The second-order valence-corrected chi connectivity index (χ2v) is 7.04. The van der Waals surface area contributed by atoms with Crippen LogP contribution in [-0.4, -0.2) is 41.9 Å². The first-order valence-corrected chi connectivity index (χ1v) is 9.00. The van der Waals surface area contributed by atoms with Gasteiger partial charge in [0.1, 0.15) is 0 Å². The molecule has 2 aliphatic rings. The quantitative estimate of drug-likeness (QED) is 0.784. The summed E-state index contributed by atoms with van der Waals surface area (Å²) >= 11 is 5.94. The Balaban J connectivity index is 1.49. The minimum atomic E-state index is 0.329. The lowest BCUT2D eigenvalue weighted by Crippen LogP contribution is -2.35. The van der Waals surface area contributed by atoms with Crippen molar-refractivity contribution < 1.29 is 4.79 Å². The van der Waals surface area contributed by atoms with E-state index in [4.69, 9.17) is 11.6 Å². The Bertz CT molecular complexity index is 555. The molecule has 1 aromatic carbocycles. The second-order valence-electron chi connectivity index (χ2n) is 6.61. The number of nitrogens with zero attached hydrogens (tertiary/aromatic N) is 2. The van der Waals surface area contributed by atoms with E-state index in [9.17, 15) is 4.79 Å². The molecule has 1 aromatic rings. The Morgan fingerprint density at radius 1 is 1.13 bits per heavy atom. The van der Waals surface area contributed by atoms with E-state index < -0.39 is 0 Å². The van der Waals surface area contributed by atoms with Crippen molar-refractivity contribution in [3.8, 4) is 0 Å². The summed E-state index contributed by atoms with van der Waals surface area (Å²) in [5, 5.41) is 0.780. The summed E-state index contributed by atoms with van der Waals surface area (Å²) in [6.07, 6.45) is 8.43. The molecule has 124 valence electrons. The lowest BCUT2D eigenvalue weighted by atomic mass is 10.0. The normalized spacial score (nSPS) is 22.3. The van der Waals surface area contributed by atoms with Crippen LogP contribution >= 0.6 is 11.6 Å². The average molecular weight is 333 g/mol. The molecule has 1 amide bonds. The van der Waals surface area contributed by atoms with Gasteiger partial charge < -0.3 is 4.90 Å². The lowest BCUT2D eigenvalue weighted by molar-refractivity contribution is -0.131. The Morgan fingerprint density at radius 2 is 1.96 bits per heavy atom. The number of hydrogen-bond acceptors (Lipinski definition) is 2. The summed E-state index contributed by atoms with van der Waals surface area (Å²) < 4.78 is 0. The van der Waals surface area contributed by atoms with E-state index >= 15 is 0 Å². The highest BCUT2D eigenvalue weighted by Gasteiger charge is 2.22. The number of allylic oxidation sites excluding steroid dienone is 2. The lowest BCUT2D eigenvalue weighted by Gasteiger charge is -2.23. The van der Waals surface area contributed by atoms with Gasteiger partial charge in [-0.2, -0.15) is 0 Å². The number of halogens is 1. The molecule has 1 aliphatic heterocycles.